The van der Waals surface area contributed by atoms with Crippen LogP contribution in [0, 0.1) is 17.2 Å². The lowest BCUT2D eigenvalue weighted by molar-refractivity contribution is -0.120. The second-order valence-electron chi connectivity index (χ2n) is 13.5. The Labute approximate surface area is 255 Å². The molecule has 1 saturated heterocycles. The lowest BCUT2D eigenvalue weighted by Crippen LogP contribution is -2.60. The van der Waals surface area contributed by atoms with Crippen molar-refractivity contribution in [1.82, 2.24) is 25.3 Å². The molecule has 2 amide bonds. The maximum absolute atomic E-state index is 15.2. The summed E-state index contributed by atoms with van der Waals surface area (Å²) in [5.74, 6) is -1.28. The van der Waals surface area contributed by atoms with E-state index in [1.54, 1.807) is 21.9 Å². The van der Waals surface area contributed by atoms with E-state index in [2.05, 4.69) is 33.4 Å². The zero-order chi connectivity index (χ0) is 31.0. The molecule has 1 saturated carbocycles. The average molecular weight is 600 g/mol. The maximum Gasteiger partial charge on any atom is 0.254 e. The van der Waals surface area contributed by atoms with Crippen LogP contribution in [0.1, 0.15) is 60.1 Å². The van der Waals surface area contributed by atoms with E-state index < -0.39 is 22.8 Å². The van der Waals surface area contributed by atoms with Crippen molar-refractivity contribution < 1.29 is 18.4 Å². The Morgan fingerprint density at radius 2 is 2.05 bits per heavy atom. The number of halogens is 2. The highest BCUT2D eigenvalue weighted by Crippen LogP contribution is 2.59. The second kappa shape index (κ2) is 10.3. The summed E-state index contributed by atoms with van der Waals surface area (Å²) in [6, 6.07) is 9.25. The molecule has 1 aromatic carbocycles. The molecule has 0 bridgehead atoms. The first-order chi connectivity index (χ1) is 21.0. The number of hydrogen-bond donors (Lipinski definition) is 1. The molecular formula is C33H35F2N7O2. The molecule has 11 heteroatoms. The van der Waals surface area contributed by atoms with Crippen LogP contribution in [0.2, 0.25) is 0 Å². The minimum Gasteiger partial charge on any atom is -0.333 e. The van der Waals surface area contributed by atoms with Crippen LogP contribution in [0.15, 0.2) is 47.8 Å². The summed E-state index contributed by atoms with van der Waals surface area (Å²) in [5.41, 5.74) is 2.31. The van der Waals surface area contributed by atoms with E-state index in [1.807, 2.05) is 26.0 Å². The van der Waals surface area contributed by atoms with Gasteiger partial charge in [0.25, 0.3) is 5.91 Å². The first kappa shape index (κ1) is 28.7. The van der Waals surface area contributed by atoms with E-state index in [0.717, 1.165) is 11.3 Å². The fraction of sp³-hybridized carbons (Fsp3) is 0.485. The summed E-state index contributed by atoms with van der Waals surface area (Å²) >= 11 is 0. The van der Waals surface area contributed by atoms with Gasteiger partial charge in [0.05, 0.1) is 41.2 Å². The highest BCUT2D eigenvalue weighted by atomic mass is 19.2. The molecule has 1 N–H and O–H groups in total. The fourth-order valence-corrected chi connectivity index (χ4v) is 7.21. The fourth-order valence-electron chi connectivity index (χ4n) is 7.21. The van der Waals surface area contributed by atoms with Crippen LogP contribution < -0.4 is 10.2 Å². The number of nitrogens with zero attached hydrogens (tertiary/aromatic N) is 6. The van der Waals surface area contributed by atoms with E-state index in [9.17, 15) is 19.2 Å². The molecule has 2 aromatic rings. The predicted octanol–water partition coefficient (Wildman–Crippen LogP) is 3.35. The number of hydrogen-bond acceptors (Lipinski definition) is 7. The van der Waals surface area contributed by atoms with Crippen molar-refractivity contribution in [1.29, 1.82) is 5.26 Å². The van der Waals surface area contributed by atoms with Gasteiger partial charge in [0, 0.05) is 62.2 Å². The number of anilines is 1. The molecule has 2 aliphatic carbocycles. The Hall–Kier alpha value is -4.01. The third-order valence-corrected chi connectivity index (χ3v) is 9.80. The van der Waals surface area contributed by atoms with Gasteiger partial charge in [-0.25, -0.2) is 8.78 Å². The summed E-state index contributed by atoms with van der Waals surface area (Å²) in [5, 5.41) is 21.6. The van der Waals surface area contributed by atoms with Gasteiger partial charge >= 0.3 is 0 Å². The van der Waals surface area contributed by atoms with E-state index in [4.69, 9.17) is 0 Å². The molecule has 9 nitrogen and oxygen atoms in total. The molecule has 4 heterocycles. The van der Waals surface area contributed by atoms with Gasteiger partial charge in [-0.2, -0.15) is 15.5 Å². The Balaban J connectivity index is 1.08. The Bertz CT molecular complexity index is 1680. The standard InChI is InChI=1S/C33H35F2N7O2/c1-19-14-40(24(13-37-19)16-41-15-21-5-4-20(12-36)8-25(21)31(41)44)17-29(43)42-18-32(2,3)30-28(42)10-23(38-39-30)9-22-6-7-27(34)26-11-33(22,26)35/h4-8,10,19,24,26,37H,9,11,13-18H2,1-3H3/t19?,24-,26?,33?/m1/s1. The van der Waals surface area contributed by atoms with Crippen LogP contribution in [0.25, 0.3) is 0 Å². The molecule has 228 valence electrons. The van der Waals surface area contributed by atoms with Crippen molar-refractivity contribution in [3.8, 4) is 6.07 Å². The topological polar surface area (TPSA) is 105 Å². The van der Waals surface area contributed by atoms with E-state index in [1.165, 1.54) is 12.2 Å². The van der Waals surface area contributed by atoms with E-state index >= 15 is 4.39 Å². The predicted molar refractivity (Wildman–Crippen MR) is 159 cm³/mol. The third kappa shape index (κ3) is 4.81. The molecule has 1 aromatic heterocycles. The van der Waals surface area contributed by atoms with Crippen LogP contribution in [0.4, 0.5) is 14.5 Å². The molecule has 2 fully saturated rings. The molecule has 3 unspecified atom stereocenters. The average Bonchev–Trinajstić information content (AvgIpc) is 3.53. The van der Waals surface area contributed by atoms with Gasteiger partial charge in [-0.15, -0.1) is 0 Å². The number of rotatable bonds is 6. The zero-order valence-electron chi connectivity index (χ0n) is 25.1. The van der Waals surface area contributed by atoms with Gasteiger partial charge in [0.1, 0.15) is 11.5 Å². The lowest BCUT2D eigenvalue weighted by atomic mass is 9.91. The molecule has 0 radical (unpaired) electrons. The van der Waals surface area contributed by atoms with Crippen LogP contribution in [0.5, 0.6) is 0 Å². The van der Waals surface area contributed by atoms with Gasteiger partial charge in [0.2, 0.25) is 5.91 Å². The molecular weight excluding hydrogens is 564 g/mol. The number of benzene rings is 1. The Morgan fingerprint density at radius 1 is 1.23 bits per heavy atom. The van der Waals surface area contributed by atoms with Crippen molar-refractivity contribution in [3.05, 3.63) is 75.9 Å². The largest absolute Gasteiger partial charge is 0.333 e. The second-order valence-corrected chi connectivity index (χ2v) is 13.5. The molecule has 0 spiro atoms. The van der Waals surface area contributed by atoms with Gasteiger partial charge < -0.3 is 15.1 Å². The molecule has 5 aliphatic rings. The smallest absolute Gasteiger partial charge is 0.254 e. The van der Waals surface area contributed by atoms with Crippen LogP contribution in [0.3, 0.4) is 0 Å². The molecule has 44 heavy (non-hydrogen) atoms. The van der Waals surface area contributed by atoms with Crippen molar-refractivity contribution in [2.75, 3.05) is 37.6 Å². The number of aromatic nitrogens is 2. The zero-order valence-corrected chi connectivity index (χ0v) is 25.1. The highest BCUT2D eigenvalue weighted by Gasteiger charge is 2.61. The monoisotopic (exact) mass is 599 g/mol. The molecule has 4 atom stereocenters. The summed E-state index contributed by atoms with van der Waals surface area (Å²) in [6.45, 7) is 8.95. The number of carbonyl (C=O) groups is 2. The van der Waals surface area contributed by atoms with E-state index in [0.29, 0.717) is 60.8 Å². The Kier molecular flexibility index (Phi) is 6.71. The van der Waals surface area contributed by atoms with Crippen molar-refractivity contribution in [2.45, 2.75) is 63.3 Å². The first-order valence-electron chi connectivity index (χ1n) is 15.2. The number of allylic oxidation sites excluding steroid dienone is 4. The van der Waals surface area contributed by atoms with E-state index in [-0.39, 0.29) is 43.3 Å². The minimum absolute atomic E-state index is 0.0734. The number of alkyl halides is 1. The Morgan fingerprint density at radius 3 is 2.84 bits per heavy atom. The summed E-state index contributed by atoms with van der Waals surface area (Å²) < 4.78 is 29.2. The number of nitrogens with one attached hydrogen (secondary N) is 1. The normalized spacial score (nSPS) is 28.5. The summed E-state index contributed by atoms with van der Waals surface area (Å²) in [6.07, 6.45) is 3.21. The summed E-state index contributed by atoms with van der Waals surface area (Å²) in [4.78, 5) is 32.9. The highest BCUT2D eigenvalue weighted by molar-refractivity contribution is 5.99. The van der Waals surface area contributed by atoms with Crippen molar-refractivity contribution in [2.24, 2.45) is 5.92 Å². The van der Waals surface area contributed by atoms with Crippen LogP contribution >= 0.6 is 0 Å². The SMILES string of the molecule is CC1CN(CC(=O)N2CC(C)(C)c3nnc(CC4=CC=C(F)C5CC45F)cc32)[C@@H](CN2Cc3ccc(C#N)cc3C2=O)CN1. The van der Waals surface area contributed by atoms with Crippen LogP contribution in [-0.2, 0) is 23.2 Å². The number of amides is 2. The van der Waals surface area contributed by atoms with Crippen LogP contribution in [-0.4, -0.2) is 82.3 Å². The molecule has 7 rings (SSSR count). The first-order valence-corrected chi connectivity index (χ1v) is 15.2. The number of piperazine rings is 1. The number of carbonyl (C=O) groups excluding carboxylic acids is 2. The quantitative estimate of drug-likeness (QED) is 0.543. The number of fused-ring (bicyclic) bond motifs is 3. The van der Waals surface area contributed by atoms with Gasteiger partial charge in [-0.05, 0) is 48.8 Å². The van der Waals surface area contributed by atoms with Gasteiger partial charge in [-0.1, -0.05) is 26.0 Å². The number of nitriles is 1. The lowest BCUT2D eigenvalue weighted by Gasteiger charge is -2.41. The maximum atomic E-state index is 15.2. The third-order valence-electron chi connectivity index (χ3n) is 9.80. The minimum atomic E-state index is -1.65. The van der Waals surface area contributed by atoms with Crippen molar-refractivity contribution in [3.63, 3.8) is 0 Å². The molecule has 3 aliphatic heterocycles. The van der Waals surface area contributed by atoms with Crippen molar-refractivity contribution >= 4 is 17.5 Å². The van der Waals surface area contributed by atoms with Gasteiger partial charge in [0.15, 0.2) is 0 Å². The van der Waals surface area contributed by atoms with Gasteiger partial charge in [-0.3, -0.25) is 14.5 Å². The summed E-state index contributed by atoms with van der Waals surface area (Å²) in [7, 11) is 0.